The van der Waals surface area contributed by atoms with Crippen LogP contribution in [0, 0.1) is 0 Å². The zero-order valence-corrected chi connectivity index (χ0v) is 19.0. The number of ether oxygens (including phenoxy) is 5. The second-order valence-corrected chi connectivity index (χ2v) is 7.43. The van der Waals surface area contributed by atoms with E-state index in [0.717, 1.165) is 12.0 Å². The smallest absolute Gasteiger partial charge is 0.339 e. The van der Waals surface area contributed by atoms with Crippen LogP contribution in [-0.2, 0) is 16.1 Å². The number of amides is 1. The van der Waals surface area contributed by atoms with Gasteiger partial charge in [0.25, 0.3) is 5.91 Å². The molecule has 172 valence electrons. The van der Waals surface area contributed by atoms with Crippen molar-refractivity contribution < 1.29 is 33.3 Å². The zero-order chi connectivity index (χ0) is 23.1. The molecule has 9 heteroatoms. The van der Waals surface area contributed by atoms with Gasteiger partial charge in [-0.15, -0.1) is 0 Å². The third kappa shape index (κ3) is 5.76. The van der Waals surface area contributed by atoms with Crippen LogP contribution in [0.4, 0.5) is 0 Å². The number of hydrogen-bond donors (Lipinski definition) is 1. The van der Waals surface area contributed by atoms with E-state index in [1.54, 1.807) is 12.1 Å². The minimum Gasteiger partial charge on any atom is -0.490 e. The quantitative estimate of drug-likeness (QED) is 0.530. The number of nitrogens with one attached hydrogen (secondary N) is 1. The van der Waals surface area contributed by atoms with Crippen LogP contribution in [0.5, 0.6) is 23.0 Å². The summed E-state index contributed by atoms with van der Waals surface area (Å²) in [5.74, 6) is 0.889. The number of esters is 1. The van der Waals surface area contributed by atoms with Crippen molar-refractivity contribution in [1.29, 1.82) is 0 Å². The lowest BCUT2D eigenvalue weighted by Crippen LogP contribution is -2.35. The number of carbonyl (C=O) groups excluding carboxylic acids is 2. The second-order valence-electron chi connectivity index (χ2n) is 7.02. The molecule has 1 unspecified atom stereocenters. The number of fused-ring (bicyclic) bond motifs is 1. The predicted molar refractivity (Wildman–Crippen MR) is 118 cm³/mol. The Bertz CT molecular complexity index is 979. The standard InChI is InChI=1S/C23H26ClNO7/c1-4-8-29-21-17(24)10-16(11-20(21)28-5-2)23(27)32-14(3)22(26)25-12-15-6-7-18-19(9-15)31-13-30-18/h6-7,9-11,14H,4-5,8,12-13H2,1-3H3,(H,25,26). The Kier molecular flexibility index (Phi) is 8.05. The van der Waals surface area contributed by atoms with Crippen molar-refractivity contribution in [2.45, 2.75) is 39.8 Å². The number of benzene rings is 2. The fraction of sp³-hybridized carbons (Fsp3) is 0.391. The highest BCUT2D eigenvalue weighted by molar-refractivity contribution is 6.32. The monoisotopic (exact) mass is 463 g/mol. The first kappa shape index (κ1) is 23.5. The first-order chi connectivity index (χ1) is 15.4. The minimum atomic E-state index is -1.01. The Morgan fingerprint density at radius 1 is 1.12 bits per heavy atom. The number of hydrogen-bond acceptors (Lipinski definition) is 7. The summed E-state index contributed by atoms with van der Waals surface area (Å²) in [7, 11) is 0. The molecule has 0 fully saturated rings. The van der Waals surface area contributed by atoms with Gasteiger partial charge in [0.05, 0.1) is 23.8 Å². The van der Waals surface area contributed by atoms with E-state index in [4.69, 9.17) is 35.3 Å². The number of halogens is 1. The Balaban J connectivity index is 1.60. The summed E-state index contributed by atoms with van der Waals surface area (Å²) in [6.45, 7) is 6.55. The highest BCUT2D eigenvalue weighted by Crippen LogP contribution is 2.37. The van der Waals surface area contributed by atoms with Crippen LogP contribution in [0.15, 0.2) is 30.3 Å². The molecule has 8 nitrogen and oxygen atoms in total. The molecule has 3 rings (SSSR count). The fourth-order valence-corrected chi connectivity index (χ4v) is 3.22. The second kappa shape index (κ2) is 10.9. The van der Waals surface area contributed by atoms with E-state index >= 15 is 0 Å². The van der Waals surface area contributed by atoms with Crippen LogP contribution in [-0.4, -0.2) is 38.0 Å². The first-order valence-corrected chi connectivity index (χ1v) is 10.8. The first-order valence-electron chi connectivity index (χ1n) is 10.4. The van der Waals surface area contributed by atoms with Crippen molar-refractivity contribution in [2.24, 2.45) is 0 Å². The molecule has 0 saturated carbocycles. The third-order valence-electron chi connectivity index (χ3n) is 4.55. The molecule has 2 aromatic carbocycles. The van der Waals surface area contributed by atoms with Gasteiger partial charge in [0.2, 0.25) is 6.79 Å². The molecule has 0 spiro atoms. The molecule has 1 atom stereocenters. The van der Waals surface area contributed by atoms with Crippen LogP contribution in [0.3, 0.4) is 0 Å². The molecule has 0 aliphatic carbocycles. The summed E-state index contributed by atoms with van der Waals surface area (Å²) in [6.07, 6.45) is -0.216. The summed E-state index contributed by atoms with van der Waals surface area (Å²) in [6, 6.07) is 8.33. The van der Waals surface area contributed by atoms with Crippen LogP contribution in [0.2, 0.25) is 5.02 Å². The van der Waals surface area contributed by atoms with Crippen LogP contribution < -0.4 is 24.3 Å². The van der Waals surface area contributed by atoms with E-state index in [9.17, 15) is 9.59 Å². The van der Waals surface area contributed by atoms with E-state index in [1.165, 1.54) is 19.1 Å². The lowest BCUT2D eigenvalue weighted by molar-refractivity contribution is -0.129. The van der Waals surface area contributed by atoms with Gasteiger partial charge in [-0.25, -0.2) is 4.79 Å². The van der Waals surface area contributed by atoms with Crippen molar-refractivity contribution in [3.63, 3.8) is 0 Å². The molecule has 0 saturated heterocycles. The Hall–Kier alpha value is -3.13. The van der Waals surface area contributed by atoms with Gasteiger partial charge in [0.1, 0.15) is 0 Å². The van der Waals surface area contributed by atoms with Crippen molar-refractivity contribution in [3.8, 4) is 23.0 Å². The highest BCUT2D eigenvalue weighted by Gasteiger charge is 2.22. The van der Waals surface area contributed by atoms with Crippen molar-refractivity contribution >= 4 is 23.5 Å². The van der Waals surface area contributed by atoms with Crippen molar-refractivity contribution in [2.75, 3.05) is 20.0 Å². The summed E-state index contributed by atoms with van der Waals surface area (Å²) in [5, 5.41) is 2.97. The van der Waals surface area contributed by atoms with Gasteiger partial charge in [0, 0.05) is 6.54 Å². The normalized spacial score (nSPS) is 12.8. The molecule has 2 aromatic rings. The maximum Gasteiger partial charge on any atom is 0.339 e. The molecule has 1 amide bonds. The molecule has 1 heterocycles. The summed E-state index contributed by atoms with van der Waals surface area (Å²) < 4.78 is 27.1. The van der Waals surface area contributed by atoms with E-state index in [0.29, 0.717) is 36.2 Å². The zero-order valence-electron chi connectivity index (χ0n) is 18.2. The number of rotatable bonds is 10. The molecule has 32 heavy (non-hydrogen) atoms. The Labute approximate surface area is 191 Å². The maximum absolute atomic E-state index is 12.6. The molecule has 1 aliphatic rings. The van der Waals surface area contributed by atoms with Crippen molar-refractivity contribution in [1.82, 2.24) is 5.32 Å². The Morgan fingerprint density at radius 2 is 1.91 bits per heavy atom. The average Bonchev–Trinajstić information content (AvgIpc) is 3.24. The summed E-state index contributed by atoms with van der Waals surface area (Å²) in [5.41, 5.74) is 0.995. The summed E-state index contributed by atoms with van der Waals surface area (Å²) in [4.78, 5) is 25.0. The maximum atomic E-state index is 12.6. The molecule has 0 aromatic heterocycles. The van der Waals surface area contributed by atoms with Crippen LogP contribution in [0.1, 0.15) is 43.1 Å². The lowest BCUT2D eigenvalue weighted by atomic mass is 10.2. The topological polar surface area (TPSA) is 92.3 Å². The third-order valence-corrected chi connectivity index (χ3v) is 4.83. The van der Waals surface area contributed by atoms with Crippen molar-refractivity contribution in [3.05, 3.63) is 46.5 Å². The predicted octanol–water partition coefficient (Wildman–Crippen LogP) is 4.12. The molecule has 1 aliphatic heterocycles. The summed E-state index contributed by atoms with van der Waals surface area (Å²) >= 11 is 6.30. The lowest BCUT2D eigenvalue weighted by Gasteiger charge is -2.16. The number of carbonyl (C=O) groups is 2. The molecule has 0 bridgehead atoms. The van der Waals surface area contributed by atoms with Gasteiger partial charge >= 0.3 is 5.97 Å². The van der Waals surface area contributed by atoms with Gasteiger partial charge in [-0.1, -0.05) is 24.6 Å². The van der Waals surface area contributed by atoms with Crippen LogP contribution in [0.25, 0.3) is 0 Å². The molecule has 0 radical (unpaired) electrons. The Morgan fingerprint density at radius 3 is 2.66 bits per heavy atom. The van der Waals surface area contributed by atoms with E-state index < -0.39 is 18.0 Å². The van der Waals surface area contributed by atoms with E-state index in [-0.39, 0.29) is 23.9 Å². The van der Waals surface area contributed by atoms with E-state index in [2.05, 4.69) is 5.32 Å². The van der Waals surface area contributed by atoms with Gasteiger partial charge in [-0.3, -0.25) is 4.79 Å². The van der Waals surface area contributed by atoms with Gasteiger partial charge in [-0.2, -0.15) is 0 Å². The molecular weight excluding hydrogens is 438 g/mol. The van der Waals surface area contributed by atoms with Gasteiger partial charge in [0.15, 0.2) is 29.1 Å². The van der Waals surface area contributed by atoms with Crippen LogP contribution >= 0.6 is 11.6 Å². The minimum absolute atomic E-state index is 0.165. The van der Waals surface area contributed by atoms with Gasteiger partial charge < -0.3 is 29.0 Å². The average molecular weight is 464 g/mol. The van der Waals surface area contributed by atoms with E-state index in [1.807, 2.05) is 19.9 Å². The van der Waals surface area contributed by atoms with Gasteiger partial charge in [-0.05, 0) is 50.1 Å². The SMILES string of the molecule is CCCOc1c(Cl)cc(C(=O)OC(C)C(=O)NCc2ccc3c(c2)OCO3)cc1OCC. The molecular formula is C23H26ClNO7. The largest absolute Gasteiger partial charge is 0.490 e. The molecule has 1 N–H and O–H groups in total. The fourth-order valence-electron chi connectivity index (χ4n) is 2.96. The highest BCUT2D eigenvalue weighted by atomic mass is 35.5.